The van der Waals surface area contributed by atoms with Crippen LogP contribution in [0, 0.1) is 0 Å². The van der Waals surface area contributed by atoms with Crippen LogP contribution in [0.4, 0.5) is 0 Å². The zero-order chi connectivity index (χ0) is 12.1. The number of hydrogen-bond acceptors (Lipinski definition) is 3. The van der Waals surface area contributed by atoms with Crippen LogP contribution in [0.25, 0.3) is 5.70 Å². The van der Waals surface area contributed by atoms with Crippen LogP contribution in [-0.2, 0) is 0 Å². The molecule has 1 aliphatic rings. The minimum absolute atomic E-state index is 0.116. The summed E-state index contributed by atoms with van der Waals surface area (Å²) in [7, 11) is 0. The van der Waals surface area contributed by atoms with Gasteiger partial charge in [0.1, 0.15) is 0 Å². The molecular weight excluding hydrogens is 212 g/mol. The van der Waals surface area contributed by atoms with E-state index < -0.39 is 0 Å². The van der Waals surface area contributed by atoms with E-state index in [0.29, 0.717) is 6.54 Å². The van der Waals surface area contributed by atoms with E-state index in [4.69, 9.17) is 5.11 Å². The Bertz CT molecular complexity index is 423. The van der Waals surface area contributed by atoms with Gasteiger partial charge in [-0.25, -0.2) is 0 Å². The standard InChI is InChI=1S/C14H18N2O/c1-2-13-8-9-14(16(15-13)10-11-17)12-6-4-3-5-7-12/h3-7,9,17H,2,8,10-11H2,1H3. The molecule has 1 heterocycles. The maximum absolute atomic E-state index is 9.10. The Hall–Kier alpha value is -1.61. The lowest BCUT2D eigenvalue weighted by Gasteiger charge is -2.26. The normalized spacial score (nSPS) is 15.5. The lowest BCUT2D eigenvalue weighted by molar-refractivity contribution is 0.246. The third kappa shape index (κ3) is 2.74. The van der Waals surface area contributed by atoms with Gasteiger partial charge in [-0.2, -0.15) is 5.10 Å². The van der Waals surface area contributed by atoms with E-state index in [9.17, 15) is 0 Å². The number of allylic oxidation sites excluding steroid dienone is 1. The third-order valence-corrected chi connectivity index (χ3v) is 2.86. The van der Waals surface area contributed by atoms with Gasteiger partial charge in [-0.05, 0) is 12.0 Å². The molecule has 0 aromatic heterocycles. The molecule has 1 aromatic carbocycles. The van der Waals surface area contributed by atoms with Crippen LogP contribution in [0.5, 0.6) is 0 Å². The number of β-amino-alcohol motifs (C(OH)–C–C–N with tert-alkyl or cyclic N) is 1. The predicted octanol–water partition coefficient (Wildman–Crippen LogP) is 2.49. The van der Waals surface area contributed by atoms with Gasteiger partial charge in [-0.15, -0.1) is 0 Å². The van der Waals surface area contributed by atoms with E-state index in [-0.39, 0.29) is 6.61 Å². The Morgan fingerprint density at radius 1 is 1.29 bits per heavy atom. The molecule has 0 bridgehead atoms. The summed E-state index contributed by atoms with van der Waals surface area (Å²) < 4.78 is 0. The highest BCUT2D eigenvalue weighted by Crippen LogP contribution is 2.24. The average molecular weight is 230 g/mol. The van der Waals surface area contributed by atoms with Gasteiger partial charge in [-0.3, -0.25) is 5.01 Å². The van der Waals surface area contributed by atoms with Crippen molar-refractivity contribution in [3.8, 4) is 0 Å². The first-order chi connectivity index (χ1) is 8.35. The first kappa shape index (κ1) is 11.9. The molecule has 0 saturated carbocycles. The molecule has 90 valence electrons. The molecule has 3 nitrogen and oxygen atoms in total. The summed E-state index contributed by atoms with van der Waals surface area (Å²) in [5, 5.41) is 15.6. The van der Waals surface area contributed by atoms with Crippen molar-refractivity contribution < 1.29 is 5.11 Å². The van der Waals surface area contributed by atoms with E-state index in [0.717, 1.165) is 29.8 Å². The zero-order valence-electron chi connectivity index (χ0n) is 10.1. The van der Waals surface area contributed by atoms with Crippen LogP contribution in [0.3, 0.4) is 0 Å². The Balaban J connectivity index is 2.25. The van der Waals surface area contributed by atoms with Crippen LogP contribution >= 0.6 is 0 Å². The van der Waals surface area contributed by atoms with Gasteiger partial charge in [0, 0.05) is 12.1 Å². The van der Waals surface area contributed by atoms with Crippen LogP contribution in [0.2, 0.25) is 0 Å². The molecule has 0 amide bonds. The van der Waals surface area contributed by atoms with Crippen molar-refractivity contribution in [3.05, 3.63) is 42.0 Å². The summed E-state index contributed by atoms with van der Waals surface area (Å²) in [6.07, 6.45) is 4.06. The first-order valence-electron chi connectivity index (χ1n) is 6.05. The lowest BCUT2D eigenvalue weighted by atomic mass is 10.1. The second-order valence-electron chi connectivity index (χ2n) is 4.03. The summed E-state index contributed by atoms with van der Waals surface area (Å²) in [6, 6.07) is 10.2. The SMILES string of the molecule is CCC1=NN(CCO)C(c2ccccc2)=CC1. The molecule has 3 heteroatoms. The number of hydrogen-bond donors (Lipinski definition) is 1. The van der Waals surface area contributed by atoms with E-state index in [2.05, 4.69) is 30.2 Å². The number of benzene rings is 1. The highest BCUT2D eigenvalue weighted by Gasteiger charge is 2.15. The van der Waals surface area contributed by atoms with E-state index in [1.54, 1.807) is 0 Å². The molecule has 0 aliphatic carbocycles. The minimum Gasteiger partial charge on any atom is -0.394 e. The summed E-state index contributed by atoms with van der Waals surface area (Å²) >= 11 is 0. The van der Waals surface area contributed by atoms with Crippen molar-refractivity contribution in [3.63, 3.8) is 0 Å². The number of rotatable bonds is 4. The van der Waals surface area contributed by atoms with Gasteiger partial charge in [0.05, 0.1) is 18.8 Å². The van der Waals surface area contributed by atoms with Crippen LogP contribution in [-0.4, -0.2) is 29.0 Å². The molecule has 0 unspecified atom stereocenters. The van der Waals surface area contributed by atoms with Crippen molar-refractivity contribution >= 4 is 11.4 Å². The predicted molar refractivity (Wildman–Crippen MR) is 70.6 cm³/mol. The quantitative estimate of drug-likeness (QED) is 0.862. The number of nitrogens with zero attached hydrogens (tertiary/aromatic N) is 2. The largest absolute Gasteiger partial charge is 0.394 e. The molecule has 1 N–H and O–H groups in total. The van der Waals surface area contributed by atoms with Gasteiger partial charge in [0.2, 0.25) is 0 Å². The fraction of sp³-hybridized carbons (Fsp3) is 0.357. The Morgan fingerprint density at radius 3 is 2.71 bits per heavy atom. The third-order valence-electron chi connectivity index (χ3n) is 2.86. The molecule has 0 radical (unpaired) electrons. The second kappa shape index (κ2) is 5.64. The highest BCUT2D eigenvalue weighted by atomic mass is 16.3. The fourth-order valence-corrected chi connectivity index (χ4v) is 1.94. The number of aliphatic hydroxyl groups is 1. The smallest absolute Gasteiger partial charge is 0.0647 e. The van der Waals surface area contributed by atoms with Crippen molar-refractivity contribution in [2.75, 3.05) is 13.2 Å². The van der Waals surface area contributed by atoms with Gasteiger partial charge >= 0.3 is 0 Å². The number of aliphatic hydroxyl groups excluding tert-OH is 1. The Kier molecular flexibility index (Phi) is 3.94. The summed E-state index contributed by atoms with van der Waals surface area (Å²) in [5.41, 5.74) is 3.41. The maximum Gasteiger partial charge on any atom is 0.0647 e. The molecule has 0 atom stereocenters. The van der Waals surface area contributed by atoms with Gasteiger partial charge in [-0.1, -0.05) is 43.3 Å². The van der Waals surface area contributed by atoms with Crippen molar-refractivity contribution in [2.24, 2.45) is 5.10 Å². The molecule has 1 aliphatic heterocycles. The topological polar surface area (TPSA) is 35.8 Å². The van der Waals surface area contributed by atoms with Crippen LogP contribution in [0.1, 0.15) is 25.3 Å². The van der Waals surface area contributed by atoms with Crippen molar-refractivity contribution in [2.45, 2.75) is 19.8 Å². The number of hydrazone groups is 1. The van der Waals surface area contributed by atoms with Crippen molar-refractivity contribution in [1.82, 2.24) is 5.01 Å². The van der Waals surface area contributed by atoms with E-state index in [1.807, 2.05) is 23.2 Å². The first-order valence-corrected chi connectivity index (χ1v) is 6.05. The molecular formula is C14H18N2O. The monoisotopic (exact) mass is 230 g/mol. The van der Waals surface area contributed by atoms with Gasteiger partial charge < -0.3 is 5.11 Å². The second-order valence-corrected chi connectivity index (χ2v) is 4.03. The molecule has 1 aromatic rings. The average Bonchev–Trinajstić information content (AvgIpc) is 2.40. The Labute approximate surface area is 102 Å². The highest BCUT2D eigenvalue weighted by molar-refractivity contribution is 5.89. The summed E-state index contributed by atoms with van der Waals surface area (Å²) in [6.45, 7) is 2.77. The van der Waals surface area contributed by atoms with Crippen LogP contribution in [0.15, 0.2) is 41.5 Å². The fourth-order valence-electron chi connectivity index (χ4n) is 1.94. The maximum atomic E-state index is 9.10. The molecule has 17 heavy (non-hydrogen) atoms. The molecule has 0 saturated heterocycles. The molecule has 0 fully saturated rings. The van der Waals surface area contributed by atoms with Crippen LogP contribution < -0.4 is 0 Å². The zero-order valence-corrected chi connectivity index (χ0v) is 10.1. The summed E-state index contributed by atoms with van der Waals surface area (Å²) in [4.78, 5) is 0. The van der Waals surface area contributed by atoms with Gasteiger partial charge in [0.15, 0.2) is 0 Å². The molecule has 2 rings (SSSR count). The summed E-state index contributed by atoms with van der Waals surface area (Å²) in [5.74, 6) is 0. The van der Waals surface area contributed by atoms with E-state index in [1.165, 1.54) is 0 Å². The minimum atomic E-state index is 0.116. The van der Waals surface area contributed by atoms with Gasteiger partial charge in [0.25, 0.3) is 0 Å². The van der Waals surface area contributed by atoms with E-state index >= 15 is 0 Å². The molecule has 0 spiro atoms. The van der Waals surface area contributed by atoms with Crippen molar-refractivity contribution in [1.29, 1.82) is 0 Å². The lowest BCUT2D eigenvalue weighted by Crippen LogP contribution is -2.24. The Morgan fingerprint density at radius 2 is 2.06 bits per heavy atom.